The molecule has 0 bridgehead atoms. The molecule has 1 aliphatic rings. The Hall–Kier alpha value is -0.100. The lowest BCUT2D eigenvalue weighted by Gasteiger charge is -2.30. The van der Waals surface area contributed by atoms with Gasteiger partial charge in [0.15, 0.2) is 0 Å². The summed E-state index contributed by atoms with van der Waals surface area (Å²) in [5, 5.41) is 22.6. The normalized spacial score (nSPS) is 22.9. The Morgan fingerprint density at radius 3 is 2.30 bits per heavy atom. The average molecular weight is 407 g/mol. The molecule has 5 heteroatoms. The van der Waals surface area contributed by atoms with E-state index in [1.807, 2.05) is 12.1 Å². The minimum atomic E-state index is 0.237. The van der Waals surface area contributed by atoms with Crippen LogP contribution < -0.4 is 5.32 Å². The molecule has 0 saturated heterocycles. The van der Waals surface area contributed by atoms with Crippen LogP contribution in [0.2, 0.25) is 0 Å². The van der Waals surface area contributed by atoms with Crippen LogP contribution >= 0.6 is 31.9 Å². The number of halogens is 2. The highest BCUT2D eigenvalue weighted by Gasteiger charge is 2.23. The summed E-state index contributed by atoms with van der Waals surface area (Å²) >= 11 is 6.69. The number of aliphatic hydroxyl groups excluding tert-OH is 1. The van der Waals surface area contributed by atoms with Gasteiger partial charge >= 0.3 is 0 Å². The predicted molar refractivity (Wildman–Crippen MR) is 87.7 cm³/mol. The first-order valence-corrected chi connectivity index (χ1v) is 8.69. The number of rotatable bonds is 5. The first-order chi connectivity index (χ1) is 9.61. The molecule has 1 aliphatic carbocycles. The summed E-state index contributed by atoms with van der Waals surface area (Å²) in [5.74, 6) is 1.27. The first kappa shape index (κ1) is 16.3. The zero-order valence-corrected chi connectivity index (χ0v) is 14.6. The van der Waals surface area contributed by atoms with Crippen molar-refractivity contribution in [2.75, 3.05) is 13.2 Å². The molecule has 2 atom stereocenters. The van der Waals surface area contributed by atoms with Crippen molar-refractivity contribution < 1.29 is 10.2 Å². The summed E-state index contributed by atoms with van der Waals surface area (Å²) in [6.07, 6.45) is 4.89. The van der Waals surface area contributed by atoms with Crippen LogP contribution in [0.3, 0.4) is 0 Å². The van der Waals surface area contributed by atoms with Gasteiger partial charge in [-0.05, 0) is 80.8 Å². The van der Waals surface area contributed by atoms with Crippen LogP contribution in [-0.4, -0.2) is 23.4 Å². The zero-order valence-electron chi connectivity index (χ0n) is 11.4. The van der Waals surface area contributed by atoms with Crippen LogP contribution in [0.4, 0.5) is 0 Å². The molecule has 1 aromatic rings. The van der Waals surface area contributed by atoms with Crippen LogP contribution in [0.5, 0.6) is 5.75 Å². The molecule has 1 aromatic carbocycles. The topological polar surface area (TPSA) is 52.5 Å². The fraction of sp³-hybridized carbons (Fsp3) is 0.600. The van der Waals surface area contributed by atoms with Crippen molar-refractivity contribution in [3.8, 4) is 5.75 Å². The highest BCUT2D eigenvalue weighted by atomic mass is 79.9. The number of hydrogen-bond donors (Lipinski definition) is 3. The number of phenolic OH excluding ortho intramolecular Hbond substituents is 1. The van der Waals surface area contributed by atoms with Gasteiger partial charge in [-0.3, -0.25) is 0 Å². The largest absolute Gasteiger partial charge is 0.506 e. The van der Waals surface area contributed by atoms with E-state index in [-0.39, 0.29) is 5.75 Å². The molecule has 0 radical (unpaired) electrons. The quantitative estimate of drug-likeness (QED) is 0.696. The van der Waals surface area contributed by atoms with E-state index in [1.165, 1.54) is 19.3 Å². The Morgan fingerprint density at radius 2 is 1.70 bits per heavy atom. The van der Waals surface area contributed by atoms with E-state index in [4.69, 9.17) is 0 Å². The second-order valence-electron chi connectivity index (χ2n) is 5.53. The maximum atomic E-state index is 9.68. The highest BCUT2D eigenvalue weighted by molar-refractivity contribution is 9.11. The van der Waals surface area contributed by atoms with E-state index in [0.717, 1.165) is 25.1 Å². The van der Waals surface area contributed by atoms with Gasteiger partial charge in [0.1, 0.15) is 5.75 Å². The number of aromatic hydroxyl groups is 1. The lowest BCUT2D eigenvalue weighted by Crippen LogP contribution is -2.32. The molecule has 0 aromatic heterocycles. The molecule has 112 valence electrons. The summed E-state index contributed by atoms with van der Waals surface area (Å²) in [6.45, 7) is 2.02. The minimum absolute atomic E-state index is 0.237. The summed E-state index contributed by atoms with van der Waals surface area (Å²) in [7, 11) is 0. The lowest BCUT2D eigenvalue weighted by molar-refractivity contribution is 0.133. The van der Waals surface area contributed by atoms with Crippen molar-refractivity contribution in [1.29, 1.82) is 0 Å². The second kappa shape index (κ2) is 7.78. The van der Waals surface area contributed by atoms with E-state index in [9.17, 15) is 10.2 Å². The molecule has 0 aliphatic heterocycles. The third-order valence-corrected chi connectivity index (χ3v) is 5.32. The molecule has 1 fully saturated rings. The van der Waals surface area contributed by atoms with Gasteiger partial charge in [-0.15, -0.1) is 0 Å². The second-order valence-corrected chi connectivity index (χ2v) is 7.23. The van der Waals surface area contributed by atoms with Crippen molar-refractivity contribution in [1.82, 2.24) is 5.32 Å². The fourth-order valence-corrected chi connectivity index (χ4v) is 4.20. The van der Waals surface area contributed by atoms with E-state index >= 15 is 0 Å². The van der Waals surface area contributed by atoms with Crippen LogP contribution in [0.15, 0.2) is 21.1 Å². The summed E-state index contributed by atoms with van der Waals surface area (Å²) in [4.78, 5) is 0. The van der Waals surface area contributed by atoms with Crippen molar-refractivity contribution in [3.05, 3.63) is 26.6 Å². The lowest BCUT2D eigenvalue weighted by atomic mass is 9.79. The van der Waals surface area contributed by atoms with Gasteiger partial charge in [-0.25, -0.2) is 0 Å². The molecule has 3 N–H and O–H groups in total. The summed E-state index contributed by atoms with van der Waals surface area (Å²) < 4.78 is 1.41. The Balaban J connectivity index is 1.86. The van der Waals surface area contributed by atoms with Crippen molar-refractivity contribution in [3.63, 3.8) is 0 Å². The van der Waals surface area contributed by atoms with Gasteiger partial charge in [-0.2, -0.15) is 0 Å². The molecule has 2 rings (SSSR count). The number of aliphatic hydroxyl groups is 1. The Bertz CT molecular complexity index is 430. The fourth-order valence-electron chi connectivity index (χ4n) is 2.92. The molecule has 0 heterocycles. The van der Waals surface area contributed by atoms with E-state index in [0.29, 0.717) is 27.4 Å². The zero-order chi connectivity index (χ0) is 14.5. The van der Waals surface area contributed by atoms with Gasteiger partial charge in [0.25, 0.3) is 0 Å². The predicted octanol–water partition coefficient (Wildman–Crippen LogP) is 3.81. The Kier molecular flexibility index (Phi) is 6.33. The standard InChI is InChI=1S/C15H21Br2NO2/c16-13-5-10(6-14(17)15(13)20)7-18-8-11-3-1-2-4-12(11)9-19/h5-6,11-12,18-20H,1-4,7-9H2. The van der Waals surface area contributed by atoms with Crippen LogP contribution in [0.25, 0.3) is 0 Å². The molecule has 0 amide bonds. The van der Waals surface area contributed by atoms with Crippen LogP contribution in [0, 0.1) is 11.8 Å². The number of phenols is 1. The Morgan fingerprint density at radius 1 is 1.10 bits per heavy atom. The van der Waals surface area contributed by atoms with E-state index in [1.54, 1.807) is 0 Å². The maximum Gasteiger partial charge on any atom is 0.143 e. The van der Waals surface area contributed by atoms with Crippen LogP contribution in [-0.2, 0) is 6.54 Å². The molecule has 0 spiro atoms. The van der Waals surface area contributed by atoms with Crippen molar-refractivity contribution >= 4 is 31.9 Å². The van der Waals surface area contributed by atoms with Crippen molar-refractivity contribution in [2.24, 2.45) is 11.8 Å². The van der Waals surface area contributed by atoms with Gasteiger partial charge in [0.05, 0.1) is 8.95 Å². The van der Waals surface area contributed by atoms with Gasteiger partial charge in [0.2, 0.25) is 0 Å². The minimum Gasteiger partial charge on any atom is -0.506 e. The summed E-state index contributed by atoms with van der Waals surface area (Å²) in [5.41, 5.74) is 1.12. The maximum absolute atomic E-state index is 9.68. The molecular weight excluding hydrogens is 386 g/mol. The SMILES string of the molecule is OCC1CCCCC1CNCc1cc(Br)c(O)c(Br)c1. The molecule has 2 unspecified atom stereocenters. The number of benzene rings is 1. The van der Waals surface area contributed by atoms with E-state index in [2.05, 4.69) is 37.2 Å². The molecular formula is C15H21Br2NO2. The van der Waals surface area contributed by atoms with Gasteiger partial charge in [-0.1, -0.05) is 12.8 Å². The molecule has 20 heavy (non-hydrogen) atoms. The number of hydrogen-bond acceptors (Lipinski definition) is 3. The smallest absolute Gasteiger partial charge is 0.143 e. The number of nitrogens with one attached hydrogen (secondary N) is 1. The third-order valence-electron chi connectivity index (χ3n) is 4.11. The van der Waals surface area contributed by atoms with Crippen molar-refractivity contribution in [2.45, 2.75) is 32.2 Å². The van der Waals surface area contributed by atoms with E-state index < -0.39 is 0 Å². The average Bonchev–Trinajstić information content (AvgIpc) is 2.45. The highest BCUT2D eigenvalue weighted by Crippen LogP contribution is 2.33. The molecule has 1 saturated carbocycles. The first-order valence-electron chi connectivity index (χ1n) is 7.10. The van der Waals surface area contributed by atoms with Gasteiger partial charge in [0, 0.05) is 13.2 Å². The monoisotopic (exact) mass is 405 g/mol. The summed E-state index contributed by atoms with van der Waals surface area (Å²) in [6, 6.07) is 3.86. The van der Waals surface area contributed by atoms with Crippen LogP contribution in [0.1, 0.15) is 31.2 Å². The van der Waals surface area contributed by atoms with Gasteiger partial charge < -0.3 is 15.5 Å². The Labute approximate surface area is 137 Å². The molecule has 3 nitrogen and oxygen atoms in total. The third kappa shape index (κ3) is 4.20.